The number of carbonyl (C=O) groups is 1. The first kappa shape index (κ1) is 14.3. The number of nitrogens with zero attached hydrogens (tertiary/aromatic N) is 1. The second kappa shape index (κ2) is 6.43. The summed E-state index contributed by atoms with van der Waals surface area (Å²) >= 11 is 0. The molecule has 3 atom stereocenters. The number of rotatable bonds is 7. The number of hydrogen-bond acceptors (Lipinski definition) is 4. The summed E-state index contributed by atoms with van der Waals surface area (Å²) in [6, 6.07) is 2.62. The van der Waals surface area contributed by atoms with Crippen LogP contribution >= 0.6 is 0 Å². The topological polar surface area (TPSA) is 63.2 Å². The number of hydrogen-bond donors (Lipinski definition) is 2. The average Bonchev–Trinajstić information content (AvgIpc) is 3.16. The first-order valence-electron chi connectivity index (χ1n) is 7.78. The van der Waals surface area contributed by atoms with Gasteiger partial charge in [0.15, 0.2) is 0 Å². The molecule has 1 aromatic rings. The first-order valence-corrected chi connectivity index (χ1v) is 7.78. The predicted octanol–water partition coefficient (Wildman–Crippen LogP) is 1.45. The van der Waals surface area contributed by atoms with Crippen LogP contribution in [-0.2, 0) is 4.79 Å². The molecule has 1 aliphatic heterocycles. The third kappa shape index (κ3) is 3.94. The van der Waals surface area contributed by atoms with E-state index in [9.17, 15) is 4.79 Å². The van der Waals surface area contributed by atoms with E-state index in [2.05, 4.69) is 21.7 Å². The summed E-state index contributed by atoms with van der Waals surface area (Å²) in [7, 11) is 0. The lowest BCUT2D eigenvalue weighted by Crippen LogP contribution is -2.46. The molecule has 2 fully saturated rings. The second-order valence-electron chi connectivity index (χ2n) is 6.08. The number of nitrogens with one attached hydrogen (secondary N) is 2. The van der Waals surface area contributed by atoms with Gasteiger partial charge in [0.25, 0.3) is 0 Å². The molecule has 0 radical (unpaired) electrons. The second-order valence-corrected chi connectivity index (χ2v) is 6.08. The van der Waals surface area contributed by atoms with Crippen LogP contribution in [-0.4, -0.2) is 36.6 Å². The highest BCUT2D eigenvalue weighted by molar-refractivity contribution is 5.72. The molecule has 1 aliphatic carbocycles. The van der Waals surface area contributed by atoms with Crippen molar-refractivity contribution >= 4 is 5.91 Å². The fourth-order valence-electron chi connectivity index (χ4n) is 2.81. The Labute approximate surface area is 125 Å². The monoisotopic (exact) mass is 289 g/mol. The van der Waals surface area contributed by atoms with Crippen molar-refractivity contribution in [2.24, 2.45) is 5.92 Å². The Morgan fingerprint density at radius 3 is 3.10 bits per heavy atom. The Morgan fingerprint density at radius 2 is 2.38 bits per heavy atom. The SMILES string of the molecule is CC(=O)NCC[C@@H]1C[C@@H]1c1cncc(OCC2CCN2)c1. The van der Waals surface area contributed by atoms with Gasteiger partial charge in [0, 0.05) is 25.7 Å². The molecule has 2 heterocycles. The first-order chi connectivity index (χ1) is 10.2. The zero-order chi connectivity index (χ0) is 14.7. The maximum atomic E-state index is 10.9. The lowest BCUT2D eigenvalue weighted by molar-refractivity contribution is -0.118. The molecule has 0 aromatic carbocycles. The van der Waals surface area contributed by atoms with Crippen LogP contribution in [0.15, 0.2) is 18.5 Å². The normalized spacial score (nSPS) is 26.8. The van der Waals surface area contributed by atoms with Crippen LogP contribution < -0.4 is 15.4 Å². The van der Waals surface area contributed by atoms with Crippen LogP contribution in [0.4, 0.5) is 0 Å². The molecular formula is C16H23N3O2. The van der Waals surface area contributed by atoms with Crippen LogP contribution in [0, 0.1) is 5.92 Å². The van der Waals surface area contributed by atoms with E-state index in [0.29, 0.717) is 17.9 Å². The summed E-state index contributed by atoms with van der Waals surface area (Å²) in [6.45, 7) is 4.16. The minimum Gasteiger partial charge on any atom is -0.490 e. The quantitative estimate of drug-likeness (QED) is 0.797. The van der Waals surface area contributed by atoms with Gasteiger partial charge in [-0.25, -0.2) is 0 Å². The van der Waals surface area contributed by atoms with E-state index in [1.165, 1.54) is 18.4 Å². The maximum absolute atomic E-state index is 10.9. The van der Waals surface area contributed by atoms with Gasteiger partial charge in [0.2, 0.25) is 5.91 Å². The molecule has 1 saturated carbocycles. The van der Waals surface area contributed by atoms with E-state index in [1.54, 1.807) is 13.1 Å². The van der Waals surface area contributed by atoms with E-state index in [1.807, 2.05) is 6.20 Å². The Balaban J connectivity index is 1.46. The van der Waals surface area contributed by atoms with Crippen molar-refractivity contribution in [3.8, 4) is 5.75 Å². The molecule has 1 saturated heterocycles. The van der Waals surface area contributed by atoms with Gasteiger partial charge in [-0.1, -0.05) is 0 Å². The van der Waals surface area contributed by atoms with E-state index in [4.69, 9.17) is 4.74 Å². The van der Waals surface area contributed by atoms with Crippen molar-refractivity contribution in [1.82, 2.24) is 15.6 Å². The molecule has 3 rings (SSSR count). The van der Waals surface area contributed by atoms with Gasteiger partial charge >= 0.3 is 0 Å². The van der Waals surface area contributed by atoms with Crippen LogP contribution in [0.2, 0.25) is 0 Å². The van der Waals surface area contributed by atoms with Crippen molar-refractivity contribution in [1.29, 1.82) is 0 Å². The molecule has 5 heteroatoms. The highest BCUT2D eigenvalue weighted by Crippen LogP contribution is 2.49. The lowest BCUT2D eigenvalue weighted by Gasteiger charge is -2.27. The van der Waals surface area contributed by atoms with E-state index >= 15 is 0 Å². The van der Waals surface area contributed by atoms with Crippen LogP contribution in [0.25, 0.3) is 0 Å². The zero-order valence-corrected chi connectivity index (χ0v) is 12.5. The number of ether oxygens (including phenoxy) is 1. The third-order valence-corrected chi connectivity index (χ3v) is 4.35. The van der Waals surface area contributed by atoms with Gasteiger partial charge in [-0.15, -0.1) is 0 Å². The molecule has 5 nitrogen and oxygen atoms in total. The summed E-state index contributed by atoms with van der Waals surface area (Å²) in [5.41, 5.74) is 1.27. The number of pyridine rings is 1. The van der Waals surface area contributed by atoms with Crippen LogP contribution in [0.5, 0.6) is 5.75 Å². The summed E-state index contributed by atoms with van der Waals surface area (Å²) in [4.78, 5) is 15.2. The highest BCUT2D eigenvalue weighted by Gasteiger charge is 2.38. The van der Waals surface area contributed by atoms with Crippen molar-refractivity contribution in [2.75, 3.05) is 19.7 Å². The van der Waals surface area contributed by atoms with Crippen LogP contribution in [0.3, 0.4) is 0 Å². The minimum absolute atomic E-state index is 0.0499. The summed E-state index contributed by atoms with van der Waals surface area (Å²) in [6.07, 6.45) is 7.16. The van der Waals surface area contributed by atoms with Crippen molar-refractivity contribution in [2.45, 2.75) is 38.1 Å². The van der Waals surface area contributed by atoms with Gasteiger partial charge < -0.3 is 15.4 Å². The fraction of sp³-hybridized carbons (Fsp3) is 0.625. The molecule has 2 aliphatic rings. The summed E-state index contributed by atoms with van der Waals surface area (Å²) in [5, 5.41) is 6.18. The molecule has 21 heavy (non-hydrogen) atoms. The van der Waals surface area contributed by atoms with Gasteiger partial charge in [-0.2, -0.15) is 0 Å². The van der Waals surface area contributed by atoms with Gasteiger partial charge in [0.05, 0.1) is 6.20 Å². The smallest absolute Gasteiger partial charge is 0.216 e. The number of carbonyl (C=O) groups excluding carboxylic acids is 1. The molecule has 1 amide bonds. The average molecular weight is 289 g/mol. The highest BCUT2D eigenvalue weighted by atomic mass is 16.5. The molecule has 0 bridgehead atoms. The molecular weight excluding hydrogens is 266 g/mol. The third-order valence-electron chi connectivity index (χ3n) is 4.35. The van der Waals surface area contributed by atoms with E-state index < -0.39 is 0 Å². The Hall–Kier alpha value is -1.62. The van der Waals surface area contributed by atoms with Gasteiger partial charge in [-0.3, -0.25) is 9.78 Å². The standard InChI is InChI=1S/C16H23N3O2/c1-11(20)18-4-2-12-7-16(12)13-6-15(9-17-8-13)21-10-14-3-5-19-14/h6,8-9,12,14,16,19H,2-5,7,10H2,1H3,(H,18,20)/t12-,14?,16+/m1/s1. The largest absolute Gasteiger partial charge is 0.490 e. The molecule has 114 valence electrons. The van der Waals surface area contributed by atoms with Crippen LogP contribution in [0.1, 0.15) is 37.7 Å². The number of aromatic nitrogens is 1. The van der Waals surface area contributed by atoms with E-state index in [-0.39, 0.29) is 5.91 Å². The number of amides is 1. The Morgan fingerprint density at radius 1 is 1.52 bits per heavy atom. The van der Waals surface area contributed by atoms with Gasteiger partial charge in [0.1, 0.15) is 12.4 Å². The summed E-state index contributed by atoms with van der Waals surface area (Å²) < 4.78 is 5.79. The predicted molar refractivity (Wildman–Crippen MR) is 80.3 cm³/mol. The fourth-order valence-corrected chi connectivity index (χ4v) is 2.81. The lowest BCUT2D eigenvalue weighted by atomic mass is 10.1. The van der Waals surface area contributed by atoms with Crippen molar-refractivity contribution in [3.05, 3.63) is 24.0 Å². The Kier molecular flexibility index (Phi) is 4.39. The molecule has 2 N–H and O–H groups in total. The summed E-state index contributed by atoms with van der Waals surface area (Å²) in [5.74, 6) is 2.17. The molecule has 1 aromatic heterocycles. The van der Waals surface area contributed by atoms with E-state index in [0.717, 1.165) is 31.9 Å². The van der Waals surface area contributed by atoms with Crippen molar-refractivity contribution < 1.29 is 9.53 Å². The maximum Gasteiger partial charge on any atom is 0.216 e. The minimum atomic E-state index is 0.0499. The zero-order valence-electron chi connectivity index (χ0n) is 12.5. The van der Waals surface area contributed by atoms with Gasteiger partial charge in [-0.05, 0) is 49.3 Å². The molecule has 1 unspecified atom stereocenters. The molecule has 0 spiro atoms. The Bertz CT molecular complexity index is 502. The van der Waals surface area contributed by atoms with Crippen molar-refractivity contribution in [3.63, 3.8) is 0 Å².